The van der Waals surface area contributed by atoms with E-state index in [-0.39, 0.29) is 6.10 Å². The summed E-state index contributed by atoms with van der Waals surface area (Å²) in [6.45, 7) is 4.76. The van der Waals surface area contributed by atoms with E-state index < -0.39 is 0 Å². The molecule has 0 saturated carbocycles. The number of methoxy groups -OCH3 is 1. The van der Waals surface area contributed by atoms with Gasteiger partial charge in [-0.3, -0.25) is 0 Å². The highest BCUT2D eigenvalue weighted by atomic mass is 16.5. The lowest BCUT2D eigenvalue weighted by Gasteiger charge is -2.19. The van der Waals surface area contributed by atoms with Gasteiger partial charge in [0.25, 0.3) is 0 Å². The molecule has 0 aliphatic carbocycles. The van der Waals surface area contributed by atoms with E-state index in [9.17, 15) is 0 Å². The zero-order chi connectivity index (χ0) is 17.9. The van der Waals surface area contributed by atoms with Gasteiger partial charge in [0, 0.05) is 20.3 Å². The van der Waals surface area contributed by atoms with Crippen LogP contribution in [0.4, 0.5) is 0 Å². The van der Waals surface area contributed by atoms with Crippen LogP contribution in [0.3, 0.4) is 0 Å². The molecule has 0 aliphatic heterocycles. The molecule has 0 radical (unpaired) electrons. The number of unbranched alkanes of at least 4 members (excludes halogenated alkanes) is 9. The van der Waals surface area contributed by atoms with Crippen LogP contribution in [0.25, 0.3) is 0 Å². The summed E-state index contributed by atoms with van der Waals surface area (Å²) < 4.78 is 11.1. The molecule has 144 valence electrons. The molecular formula is C21H43NO2. The highest BCUT2D eigenvalue weighted by molar-refractivity contribution is 4.81. The fraction of sp³-hybridized carbons (Fsp3) is 0.905. The number of allylic oxidation sites excluding steroid dienone is 2. The van der Waals surface area contributed by atoms with Crippen LogP contribution in [0.1, 0.15) is 77.6 Å². The van der Waals surface area contributed by atoms with Crippen LogP contribution < -0.4 is 0 Å². The van der Waals surface area contributed by atoms with E-state index in [0.29, 0.717) is 6.61 Å². The van der Waals surface area contributed by atoms with Crippen LogP contribution in [0.5, 0.6) is 0 Å². The van der Waals surface area contributed by atoms with Crippen molar-refractivity contribution in [1.29, 1.82) is 0 Å². The second-order valence-corrected chi connectivity index (χ2v) is 7.07. The normalized spacial score (nSPS) is 13.2. The fourth-order valence-electron chi connectivity index (χ4n) is 2.74. The van der Waals surface area contributed by atoms with E-state index in [4.69, 9.17) is 9.47 Å². The van der Waals surface area contributed by atoms with Gasteiger partial charge in [-0.1, -0.05) is 57.6 Å². The van der Waals surface area contributed by atoms with Gasteiger partial charge in [-0.15, -0.1) is 0 Å². The number of hydrogen-bond acceptors (Lipinski definition) is 3. The van der Waals surface area contributed by atoms with Gasteiger partial charge in [-0.05, 0) is 46.2 Å². The lowest BCUT2D eigenvalue weighted by atomic mass is 10.1. The van der Waals surface area contributed by atoms with E-state index in [0.717, 1.165) is 13.2 Å². The van der Waals surface area contributed by atoms with Crippen molar-refractivity contribution < 1.29 is 9.47 Å². The third-order valence-electron chi connectivity index (χ3n) is 4.26. The molecule has 0 saturated heterocycles. The number of hydrogen-bond donors (Lipinski definition) is 0. The second kappa shape index (κ2) is 19.0. The molecule has 0 bridgehead atoms. The summed E-state index contributed by atoms with van der Waals surface area (Å²) in [4.78, 5) is 2.14. The van der Waals surface area contributed by atoms with Crippen molar-refractivity contribution in [2.45, 2.75) is 83.7 Å². The number of nitrogens with zero attached hydrogens (tertiary/aromatic N) is 1. The average molecular weight is 342 g/mol. The minimum atomic E-state index is 0.190. The molecule has 0 amide bonds. The van der Waals surface area contributed by atoms with Gasteiger partial charge >= 0.3 is 0 Å². The first-order chi connectivity index (χ1) is 11.7. The molecule has 1 atom stereocenters. The largest absolute Gasteiger partial charge is 0.379 e. The highest BCUT2D eigenvalue weighted by Gasteiger charge is 2.08. The number of ether oxygens (including phenoxy) is 2. The lowest BCUT2D eigenvalue weighted by Crippen LogP contribution is -2.31. The van der Waals surface area contributed by atoms with Crippen molar-refractivity contribution in [3.8, 4) is 0 Å². The summed E-state index contributed by atoms with van der Waals surface area (Å²) in [6.07, 6.45) is 19.4. The topological polar surface area (TPSA) is 21.7 Å². The van der Waals surface area contributed by atoms with E-state index in [1.807, 2.05) is 0 Å². The van der Waals surface area contributed by atoms with Crippen LogP contribution in [0, 0.1) is 0 Å². The molecule has 0 aromatic carbocycles. The first kappa shape index (κ1) is 23.6. The van der Waals surface area contributed by atoms with E-state index in [1.165, 1.54) is 70.6 Å². The van der Waals surface area contributed by atoms with Gasteiger partial charge in [0.1, 0.15) is 0 Å². The van der Waals surface area contributed by atoms with Gasteiger partial charge in [-0.25, -0.2) is 0 Å². The van der Waals surface area contributed by atoms with Gasteiger partial charge < -0.3 is 14.4 Å². The average Bonchev–Trinajstić information content (AvgIpc) is 2.56. The molecule has 24 heavy (non-hydrogen) atoms. The van der Waals surface area contributed by atoms with Crippen LogP contribution in [0.15, 0.2) is 12.2 Å². The molecule has 0 aliphatic rings. The molecule has 1 unspecified atom stereocenters. The summed E-state index contributed by atoms with van der Waals surface area (Å²) in [5, 5.41) is 0. The molecule has 0 N–H and O–H groups in total. The Hall–Kier alpha value is -0.380. The first-order valence-electron chi connectivity index (χ1n) is 10.1. The molecule has 3 nitrogen and oxygen atoms in total. The summed E-state index contributed by atoms with van der Waals surface area (Å²) in [6, 6.07) is 0. The Morgan fingerprint density at radius 3 is 2.00 bits per heavy atom. The molecule has 0 fully saturated rings. The standard InChI is InChI=1S/C21H43NO2/c1-5-6-7-8-9-10-11-12-13-14-15-16-17-18-24-20-21(23-4)19-22(2)3/h9-10,21H,5-8,11-20H2,1-4H3. The minimum absolute atomic E-state index is 0.190. The smallest absolute Gasteiger partial charge is 0.0930 e. The lowest BCUT2D eigenvalue weighted by molar-refractivity contribution is -0.00401. The first-order valence-corrected chi connectivity index (χ1v) is 10.1. The molecule has 0 rings (SSSR count). The zero-order valence-corrected chi connectivity index (χ0v) is 16.9. The predicted octanol–water partition coefficient (Wildman–Crippen LogP) is 5.45. The van der Waals surface area contributed by atoms with Gasteiger partial charge in [0.2, 0.25) is 0 Å². The Morgan fingerprint density at radius 2 is 1.42 bits per heavy atom. The number of likely N-dealkylation sites (N-methyl/N-ethyl adjacent to an activating group) is 1. The highest BCUT2D eigenvalue weighted by Crippen LogP contribution is 2.08. The van der Waals surface area contributed by atoms with Crippen molar-refractivity contribution in [3.05, 3.63) is 12.2 Å². The summed E-state index contributed by atoms with van der Waals surface area (Å²) >= 11 is 0. The Morgan fingerprint density at radius 1 is 0.833 bits per heavy atom. The zero-order valence-electron chi connectivity index (χ0n) is 16.9. The SMILES string of the molecule is CCCCCC=CCCCCCCCCOCC(CN(C)C)OC. The van der Waals surface area contributed by atoms with Crippen LogP contribution >= 0.6 is 0 Å². The van der Waals surface area contributed by atoms with E-state index in [1.54, 1.807) is 7.11 Å². The van der Waals surface area contributed by atoms with Gasteiger partial charge in [0.15, 0.2) is 0 Å². The Kier molecular flexibility index (Phi) is 18.7. The quantitative estimate of drug-likeness (QED) is 0.244. The van der Waals surface area contributed by atoms with Crippen LogP contribution in [-0.2, 0) is 9.47 Å². The maximum Gasteiger partial charge on any atom is 0.0930 e. The molecule has 0 heterocycles. The Balaban J connectivity index is 3.22. The summed E-state index contributed by atoms with van der Waals surface area (Å²) in [5.41, 5.74) is 0. The molecule has 3 heteroatoms. The third kappa shape index (κ3) is 18.0. The fourth-order valence-corrected chi connectivity index (χ4v) is 2.74. The van der Waals surface area contributed by atoms with Crippen LogP contribution in [0.2, 0.25) is 0 Å². The third-order valence-corrected chi connectivity index (χ3v) is 4.26. The van der Waals surface area contributed by atoms with Crippen LogP contribution in [-0.4, -0.2) is 52.0 Å². The van der Waals surface area contributed by atoms with Crippen molar-refractivity contribution in [2.24, 2.45) is 0 Å². The van der Waals surface area contributed by atoms with Crippen molar-refractivity contribution in [1.82, 2.24) is 4.90 Å². The summed E-state index contributed by atoms with van der Waals surface area (Å²) in [5.74, 6) is 0. The Labute approximate surface area is 151 Å². The van der Waals surface area contributed by atoms with Crippen molar-refractivity contribution in [2.75, 3.05) is 41.0 Å². The monoisotopic (exact) mass is 341 g/mol. The maximum absolute atomic E-state index is 5.73. The predicted molar refractivity (Wildman–Crippen MR) is 106 cm³/mol. The van der Waals surface area contributed by atoms with Gasteiger partial charge in [0.05, 0.1) is 12.7 Å². The molecular weight excluding hydrogens is 298 g/mol. The molecule has 0 aromatic heterocycles. The Bertz CT molecular complexity index is 267. The minimum Gasteiger partial charge on any atom is -0.379 e. The number of rotatable bonds is 18. The van der Waals surface area contributed by atoms with E-state index in [2.05, 4.69) is 38.1 Å². The van der Waals surface area contributed by atoms with Crippen molar-refractivity contribution in [3.63, 3.8) is 0 Å². The van der Waals surface area contributed by atoms with E-state index >= 15 is 0 Å². The molecule has 0 spiro atoms. The van der Waals surface area contributed by atoms with Gasteiger partial charge in [-0.2, -0.15) is 0 Å². The van der Waals surface area contributed by atoms with Crippen molar-refractivity contribution >= 4 is 0 Å². The summed E-state index contributed by atoms with van der Waals surface area (Å²) in [7, 11) is 5.89. The molecule has 0 aromatic rings. The second-order valence-electron chi connectivity index (χ2n) is 7.07. The maximum atomic E-state index is 5.73.